The van der Waals surface area contributed by atoms with Gasteiger partial charge in [0.1, 0.15) is 5.82 Å². The Labute approximate surface area is 136 Å². The number of hydrogen-bond acceptors (Lipinski definition) is 0. The van der Waals surface area contributed by atoms with Crippen molar-refractivity contribution in [1.29, 1.82) is 0 Å². The average molecular weight is 364 g/mol. The van der Waals surface area contributed by atoms with Gasteiger partial charge in [0.05, 0.1) is 4.83 Å². The van der Waals surface area contributed by atoms with Crippen LogP contribution in [0.4, 0.5) is 4.39 Å². The summed E-state index contributed by atoms with van der Waals surface area (Å²) < 4.78 is 13.9. The lowest BCUT2D eigenvalue weighted by atomic mass is 9.96. The standard InChI is InChI=1S/C18H13BrClF/c1-11-10-12(20)6-7-13(11)18(19)16-8-9-17(21)15-5-3-2-4-14(15)16/h2-10,18H,1H3. The van der Waals surface area contributed by atoms with Crippen LogP contribution in [0, 0.1) is 12.7 Å². The van der Waals surface area contributed by atoms with Crippen molar-refractivity contribution < 1.29 is 4.39 Å². The molecular formula is C18H13BrClF. The highest BCUT2D eigenvalue weighted by atomic mass is 79.9. The summed E-state index contributed by atoms with van der Waals surface area (Å²) in [7, 11) is 0. The Hall–Kier alpha value is -1.38. The van der Waals surface area contributed by atoms with E-state index in [1.54, 1.807) is 0 Å². The first-order chi connectivity index (χ1) is 10.1. The topological polar surface area (TPSA) is 0 Å². The van der Waals surface area contributed by atoms with Crippen LogP contribution >= 0.6 is 27.5 Å². The summed E-state index contributed by atoms with van der Waals surface area (Å²) in [5.74, 6) is -0.193. The molecule has 0 nitrogen and oxygen atoms in total. The number of aryl methyl sites for hydroxylation is 1. The molecule has 3 aromatic carbocycles. The van der Waals surface area contributed by atoms with Crippen LogP contribution in [0.2, 0.25) is 5.02 Å². The van der Waals surface area contributed by atoms with Gasteiger partial charge in [-0.1, -0.05) is 63.9 Å². The first-order valence-corrected chi connectivity index (χ1v) is 7.94. The molecule has 0 aliphatic heterocycles. The van der Waals surface area contributed by atoms with Gasteiger partial charge in [-0.2, -0.15) is 0 Å². The quantitative estimate of drug-likeness (QED) is 0.460. The second-order valence-electron chi connectivity index (χ2n) is 5.05. The maximum atomic E-state index is 13.9. The molecule has 106 valence electrons. The smallest absolute Gasteiger partial charge is 0.131 e. The zero-order valence-corrected chi connectivity index (χ0v) is 13.7. The number of halogens is 3. The lowest BCUT2D eigenvalue weighted by Gasteiger charge is -2.16. The van der Waals surface area contributed by atoms with Crippen LogP contribution < -0.4 is 0 Å². The van der Waals surface area contributed by atoms with Gasteiger partial charge in [0.15, 0.2) is 0 Å². The van der Waals surface area contributed by atoms with E-state index in [2.05, 4.69) is 15.9 Å². The summed E-state index contributed by atoms with van der Waals surface area (Å²) >= 11 is 9.77. The third kappa shape index (κ3) is 2.70. The third-order valence-corrected chi connectivity index (χ3v) is 4.90. The van der Waals surface area contributed by atoms with Crippen molar-refractivity contribution in [3.05, 3.63) is 82.1 Å². The van der Waals surface area contributed by atoms with E-state index in [1.165, 1.54) is 6.07 Å². The lowest BCUT2D eigenvalue weighted by molar-refractivity contribution is 0.639. The molecule has 3 aromatic rings. The van der Waals surface area contributed by atoms with Crippen LogP contribution in [0.25, 0.3) is 10.8 Å². The van der Waals surface area contributed by atoms with Crippen LogP contribution in [-0.4, -0.2) is 0 Å². The van der Waals surface area contributed by atoms with Crippen LogP contribution in [0.1, 0.15) is 21.5 Å². The Bertz CT molecular complexity index is 813. The minimum atomic E-state index is -0.193. The molecule has 0 saturated heterocycles. The molecule has 3 heteroatoms. The van der Waals surface area contributed by atoms with Gasteiger partial charge in [0, 0.05) is 10.4 Å². The van der Waals surface area contributed by atoms with E-state index < -0.39 is 0 Å². The van der Waals surface area contributed by atoms with Gasteiger partial charge >= 0.3 is 0 Å². The van der Waals surface area contributed by atoms with Crippen LogP contribution in [0.3, 0.4) is 0 Å². The summed E-state index contributed by atoms with van der Waals surface area (Å²) in [4.78, 5) is 0.000247. The zero-order valence-electron chi connectivity index (χ0n) is 11.4. The number of fused-ring (bicyclic) bond motifs is 1. The highest BCUT2D eigenvalue weighted by molar-refractivity contribution is 9.09. The minimum absolute atomic E-state index is 0.000247. The van der Waals surface area contributed by atoms with E-state index in [9.17, 15) is 4.39 Å². The van der Waals surface area contributed by atoms with Gasteiger partial charge in [0.25, 0.3) is 0 Å². The molecule has 0 heterocycles. The Kier molecular flexibility index (Phi) is 4.01. The lowest BCUT2D eigenvalue weighted by Crippen LogP contribution is -1.98. The first-order valence-electron chi connectivity index (χ1n) is 6.65. The Morgan fingerprint density at radius 3 is 2.33 bits per heavy atom. The van der Waals surface area contributed by atoms with Crippen molar-refractivity contribution in [1.82, 2.24) is 0 Å². The molecule has 1 atom stereocenters. The van der Waals surface area contributed by atoms with E-state index in [-0.39, 0.29) is 10.6 Å². The summed E-state index contributed by atoms with van der Waals surface area (Å²) in [5.41, 5.74) is 3.30. The SMILES string of the molecule is Cc1cc(Cl)ccc1C(Br)c1ccc(F)c2ccccc12. The Balaban J connectivity index is 2.18. The van der Waals surface area contributed by atoms with E-state index in [4.69, 9.17) is 11.6 Å². The predicted molar refractivity (Wildman–Crippen MR) is 90.9 cm³/mol. The fraction of sp³-hybridized carbons (Fsp3) is 0.111. The molecule has 0 bridgehead atoms. The summed E-state index contributed by atoms with van der Waals surface area (Å²) in [6, 6.07) is 16.7. The normalized spacial score (nSPS) is 12.6. The summed E-state index contributed by atoms with van der Waals surface area (Å²) in [6.07, 6.45) is 0. The maximum Gasteiger partial charge on any atom is 0.131 e. The number of alkyl halides is 1. The van der Waals surface area contributed by atoms with Gasteiger partial charge in [-0.25, -0.2) is 4.39 Å². The van der Waals surface area contributed by atoms with Gasteiger partial charge in [0.2, 0.25) is 0 Å². The highest BCUT2D eigenvalue weighted by Crippen LogP contribution is 2.38. The van der Waals surface area contributed by atoms with Gasteiger partial charge < -0.3 is 0 Å². The zero-order chi connectivity index (χ0) is 15.0. The monoisotopic (exact) mass is 362 g/mol. The van der Waals surface area contributed by atoms with Gasteiger partial charge in [-0.05, 0) is 47.2 Å². The largest absolute Gasteiger partial charge is 0.206 e. The Morgan fingerprint density at radius 2 is 1.62 bits per heavy atom. The number of hydrogen-bond donors (Lipinski definition) is 0. The number of rotatable bonds is 2. The molecule has 0 aliphatic carbocycles. The molecule has 0 aromatic heterocycles. The molecule has 0 amide bonds. The molecule has 21 heavy (non-hydrogen) atoms. The van der Waals surface area contributed by atoms with Crippen LogP contribution in [0.15, 0.2) is 54.6 Å². The summed E-state index contributed by atoms with van der Waals surface area (Å²) in [6.45, 7) is 2.03. The molecule has 1 unspecified atom stereocenters. The summed E-state index contributed by atoms with van der Waals surface area (Å²) in [5, 5.41) is 2.29. The molecular weight excluding hydrogens is 351 g/mol. The minimum Gasteiger partial charge on any atom is -0.206 e. The van der Waals surface area contributed by atoms with Gasteiger partial charge in [-0.3, -0.25) is 0 Å². The maximum absolute atomic E-state index is 13.9. The predicted octanol–water partition coefficient (Wildman–Crippen LogP) is 6.43. The third-order valence-electron chi connectivity index (χ3n) is 3.68. The van der Waals surface area contributed by atoms with Crippen LogP contribution in [0.5, 0.6) is 0 Å². The molecule has 0 N–H and O–H groups in total. The van der Waals surface area contributed by atoms with Crippen molar-refractivity contribution in [3.63, 3.8) is 0 Å². The molecule has 3 rings (SSSR count). The second-order valence-corrected chi connectivity index (χ2v) is 6.40. The number of benzene rings is 3. The fourth-order valence-electron chi connectivity index (χ4n) is 2.60. The molecule has 0 radical (unpaired) electrons. The van der Waals surface area contributed by atoms with E-state index in [0.29, 0.717) is 5.39 Å². The van der Waals surface area contributed by atoms with E-state index in [1.807, 2.05) is 55.5 Å². The van der Waals surface area contributed by atoms with Crippen molar-refractivity contribution in [2.75, 3.05) is 0 Å². The van der Waals surface area contributed by atoms with Gasteiger partial charge in [-0.15, -0.1) is 0 Å². The van der Waals surface area contributed by atoms with Crippen molar-refractivity contribution in [2.24, 2.45) is 0 Å². The molecule has 0 aliphatic rings. The van der Waals surface area contributed by atoms with E-state index >= 15 is 0 Å². The Morgan fingerprint density at radius 1 is 0.952 bits per heavy atom. The van der Waals surface area contributed by atoms with Crippen molar-refractivity contribution in [3.8, 4) is 0 Å². The van der Waals surface area contributed by atoms with E-state index in [0.717, 1.165) is 27.1 Å². The molecule has 0 saturated carbocycles. The molecule has 0 fully saturated rings. The fourth-order valence-corrected chi connectivity index (χ4v) is 3.74. The second kappa shape index (κ2) is 5.78. The van der Waals surface area contributed by atoms with Crippen molar-refractivity contribution >= 4 is 38.3 Å². The van der Waals surface area contributed by atoms with Crippen molar-refractivity contribution in [2.45, 2.75) is 11.8 Å². The highest BCUT2D eigenvalue weighted by Gasteiger charge is 2.16. The molecule has 0 spiro atoms. The average Bonchev–Trinajstić information content (AvgIpc) is 2.47. The first kappa shape index (κ1) is 14.6. The van der Waals surface area contributed by atoms with Crippen LogP contribution in [-0.2, 0) is 0 Å².